The van der Waals surface area contributed by atoms with E-state index in [4.69, 9.17) is 0 Å². The Kier molecular flexibility index (Phi) is 6.47. The Bertz CT molecular complexity index is 929. The van der Waals surface area contributed by atoms with Gasteiger partial charge in [-0.2, -0.15) is 17.0 Å². The first-order valence-electron chi connectivity index (χ1n) is 9.80. The highest BCUT2D eigenvalue weighted by Crippen LogP contribution is 2.30. The van der Waals surface area contributed by atoms with Gasteiger partial charge in [0, 0.05) is 43.5 Å². The second-order valence-corrected chi connectivity index (χ2v) is 9.21. The first kappa shape index (κ1) is 20.9. The molecule has 1 aromatic heterocycles. The zero-order valence-corrected chi connectivity index (χ0v) is 17.5. The first-order valence-corrected chi connectivity index (χ1v) is 11.2. The molecule has 1 atom stereocenters. The fraction of sp³-hybridized carbons (Fsp3) is 0.476. The minimum absolute atomic E-state index is 0.0801. The van der Waals surface area contributed by atoms with Crippen molar-refractivity contribution in [1.82, 2.24) is 13.6 Å². The number of hydrogen-bond donors (Lipinski definition) is 0. The number of halogens is 1. The average Bonchev–Trinajstić information content (AvgIpc) is 3.13. The van der Waals surface area contributed by atoms with Crippen LogP contribution in [0.5, 0.6) is 0 Å². The molecule has 1 unspecified atom stereocenters. The lowest BCUT2D eigenvalue weighted by atomic mass is 9.98. The van der Waals surface area contributed by atoms with E-state index in [1.54, 1.807) is 16.4 Å². The molecule has 7 heteroatoms. The molecule has 0 radical (unpaired) electrons. The fourth-order valence-corrected chi connectivity index (χ4v) is 5.54. The summed E-state index contributed by atoms with van der Waals surface area (Å²) in [6.45, 7) is 7.57. The molecule has 0 aliphatic carbocycles. The van der Waals surface area contributed by atoms with E-state index in [0.29, 0.717) is 32.6 Å². The number of pyridine rings is 1. The number of hydrogen-bond acceptors (Lipinski definition) is 3. The van der Waals surface area contributed by atoms with Gasteiger partial charge in [0.2, 0.25) is 0 Å². The van der Waals surface area contributed by atoms with Gasteiger partial charge in [-0.25, -0.2) is 4.39 Å². The van der Waals surface area contributed by atoms with Gasteiger partial charge in [0.15, 0.2) is 0 Å². The summed E-state index contributed by atoms with van der Waals surface area (Å²) in [6, 6.07) is 10.7. The van der Waals surface area contributed by atoms with Gasteiger partial charge in [-0.3, -0.25) is 4.98 Å². The van der Waals surface area contributed by atoms with Crippen LogP contribution in [0.2, 0.25) is 0 Å². The molecule has 3 rings (SSSR count). The number of aryl methyl sites for hydroxylation is 1. The highest BCUT2D eigenvalue weighted by Gasteiger charge is 2.35. The summed E-state index contributed by atoms with van der Waals surface area (Å²) in [6.07, 6.45) is 1.39. The molecule has 28 heavy (non-hydrogen) atoms. The maximum Gasteiger partial charge on any atom is 0.281 e. The highest BCUT2D eigenvalue weighted by atomic mass is 32.2. The molecule has 1 aliphatic heterocycles. The minimum atomic E-state index is -3.42. The van der Waals surface area contributed by atoms with Crippen molar-refractivity contribution in [3.63, 3.8) is 0 Å². The van der Waals surface area contributed by atoms with E-state index in [-0.39, 0.29) is 11.7 Å². The molecule has 0 bridgehead atoms. The molecule has 1 aliphatic rings. The number of aromatic nitrogens is 1. The van der Waals surface area contributed by atoms with E-state index in [2.05, 4.69) is 4.98 Å². The quantitative estimate of drug-likeness (QED) is 0.709. The van der Waals surface area contributed by atoms with Crippen LogP contribution in [0.15, 0.2) is 36.4 Å². The fourth-order valence-electron chi connectivity index (χ4n) is 3.85. The van der Waals surface area contributed by atoms with Crippen molar-refractivity contribution < 1.29 is 12.8 Å². The van der Waals surface area contributed by atoms with Crippen LogP contribution in [0.3, 0.4) is 0 Å². The summed E-state index contributed by atoms with van der Waals surface area (Å²) in [7, 11) is -3.42. The van der Waals surface area contributed by atoms with Gasteiger partial charge >= 0.3 is 0 Å². The summed E-state index contributed by atoms with van der Waals surface area (Å²) < 4.78 is 42.1. The van der Waals surface area contributed by atoms with Crippen molar-refractivity contribution in [2.24, 2.45) is 0 Å². The maximum absolute atomic E-state index is 13.5. The number of nitrogens with zero attached hydrogens (tertiary/aromatic N) is 3. The summed E-state index contributed by atoms with van der Waals surface area (Å²) in [5.41, 5.74) is 3.80. The zero-order chi connectivity index (χ0) is 20.3. The van der Waals surface area contributed by atoms with Crippen LogP contribution >= 0.6 is 0 Å². The molecule has 5 nitrogen and oxygen atoms in total. The average molecular weight is 406 g/mol. The van der Waals surface area contributed by atoms with Crippen LogP contribution in [0.1, 0.15) is 48.7 Å². The highest BCUT2D eigenvalue weighted by molar-refractivity contribution is 7.86. The Morgan fingerprint density at radius 2 is 1.93 bits per heavy atom. The van der Waals surface area contributed by atoms with Crippen LogP contribution in [0.4, 0.5) is 4.39 Å². The van der Waals surface area contributed by atoms with Gasteiger partial charge in [-0.05, 0) is 55.2 Å². The third kappa shape index (κ3) is 4.59. The van der Waals surface area contributed by atoms with Crippen LogP contribution in [0.25, 0.3) is 0 Å². The van der Waals surface area contributed by atoms with Crippen LogP contribution in [-0.2, 0) is 16.6 Å². The largest absolute Gasteiger partial charge is 0.281 e. The molecule has 0 saturated carbocycles. The van der Waals surface area contributed by atoms with Gasteiger partial charge in [-0.1, -0.05) is 26.0 Å². The third-order valence-electron chi connectivity index (χ3n) is 5.26. The first-order chi connectivity index (χ1) is 13.3. The van der Waals surface area contributed by atoms with E-state index in [1.807, 2.05) is 39.0 Å². The smallest absolute Gasteiger partial charge is 0.258 e. The predicted octanol–water partition coefficient (Wildman–Crippen LogP) is 3.50. The molecule has 2 aromatic rings. The lowest BCUT2D eigenvalue weighted by Crippen LogP contribution is -2.42. The summed E-state index contributed by atoms with van der Waals surface area (Å²) >= 11 is 0. The van der Waals surface area contributed by atoms with E-state index >= 15 is 0 Å². The Hall–Kier alpha value is -1.83. The SMILES string of the molecule is CCN(CC)S(=O)(=O)N1CCC(c2cc(Cc3cccc(F)c3)cc(C)n2)C1. The number of benzene rings is 1. The Balaban J connectivity index is 1.78. The molecule has 1 aromatic carbocycles. The molecule has 1 saturated heterocycles. The molecule has 1 fully saturated rings. The Morgan fingerprint density at radius 3 is 2.61 bits per heavy atom. The summed E-state index contributed by atoms with van der Waals surface area (Å²) in [4.78, 5) is 4.67. The molecule has 0 spiro atoms. The third-order valence-corrected chi connectivity index (χ3v) is 7.41. The van der Waals surface area contributed by atoms with Crippen LogP contribution in [-0.4, -0.2) is 48.2 Å². The predicted molar refractivity (Wildman–Crippen MR) is 109 cm³/mol. The van der Waals surface area contributed by atoms with Gasteiger partial charge in [0.25, 0.3) is 10.2 Å². The summed E-state index contributed by atoms with van der Waals surface area (Å²) in [5, 5.41) is 0. The molecule has 2 heterocycles. The normalized spacial score (nSPS) is 18.1. The molecular formula is C21H28FN3O2S. The second-order valence-electron chi connectivity index (χ2n) is 7.28. The molecule has 0 amide bonds. The lowest BCUT2D eigenvalue weighted by Gasteiger charge is -2.25. The van der Waals surface area contributed by atoms with Crippen LogP contribution in [0, 0.1) is 12.7 Å². The van der Waals surface area contributed by atoms with Crippen molar-refractivity contribution >= 4 is 10.2 Å². The van der Waals surface area contributed by atoms with Crippen LogP contribution < -0.4 is 0 Å². The van der Waals surface area contributed by atoms with Crippen molar-refractivity contribution in [3.8, 4) is 0 Å². The second kappa shape index (κ2) is 8.68. The topological polar surface area (TPSA) is 53.5 Å². The molecule has 152 valence electrons. The van der Waals surface area contributed by atoms with Gasteiger partial charge in [-0.15, -0.1) is 0 Å². The van der Waals surface area contributed by atoms with Crippen molar-refractivity contribution in [3.05, 3.63) is 64.7 Å². The Labute approximate surface area is 167 Å². The van der Waals surface area contributed by atoms with E-state index in [1.165, 1.54) is 10.4 Å². The molecule has 0 N–H and O–H groups in total. The van der Waals surface area contributed by atoms with Gasteiger partial charge < -0.3 is 0 Å². The Morgan fingerprint density at radius 1 is 1.18 bits per heavy atom. The van der Waals surface area contributed by atoms with E-state index in [0.717, 1.165) is 28.9 Å². The van der Waals surface area contributed by atoms with Gasteiger partial charge in [0.1, 0.15) is 5.82 Å². The van der Waals surface area contributed by atoms with Crippen molar-refractivity contribution in [2.75, 3.05) is 26.2 Å². The van der Waals surface area contributed by atoms with Crippen molar-refractivity contribution in [1.29, 1.82) is 0 Å². The maximum atomic E-state index is 13.5. The lowest BCUT2D eigenvalue weighted by molar-refractivity contribution is 0.377. The van der Waals surface area contributed by atoms with E-state index < -0.39 is 10.2 Å². The van der Waals surface area contributed by atoms with Gasteiger partial charge in [0.05, 0.1) is 0 Å². The molecular weight excluding hydrogens is 377 g/mol. The van der Waals surface area contributed by atoms with E-state index in [9.17, 15) is 12.8 Å². The number of rotatable bonds is 7. The van der Waals surface area contributed by atoms with Crippen molar-refractivity contribution in [2.45, 2.75) is 39.5 Å². The standard InChI is InChI=1S/C21H28FN3O2S/c1-4-24(5-2)28(26,27)25-10-9-19(15-25)21-14-18(11-16(3)23-21)12-17-7-6-8-20(22)13-17/h6-8,11,13-14,19H,4-5,9-10,12,15H2,1-3H3. The zero-order valence-electron chi connectivity index (χ0n) is 16.7. The summed E-state index contributed by atoms with van der Waals surface area (Å²) in [5.74, 6) is -0.159. The monoisotopic (exact) mass is 405 g/mol. The minimum Gasteiger partial charge on any atom is -0.258 e.